The van der Waals surface area contributed by atoms with E-state index in [1.807, 2.05) is 0 Å². The first-order chi connectivity index (χ1) is 11.9. The molecule has 0 aliphatic heterocycles. The van der Waals surface area contributed by atoms with Gasteiger partial charge in [0.05, 0.1) is 12.7 Å². The van der Waals surface area contributed by atoms with Gasteiger partial charge in [-0.1, -0.05) is 18.7 Å². The number of allylic oxidation sites excluding steroid dienone is 2. The Morgan fingerprint density at radius 1 is 0.960 bits per heavy atom. The van der Waals surface area contributed by atoms with Crippen LogP contribution in [0.4, 0.5) is 0 Å². The molecule has 1 N–H and O–H groups in total. The number of carboxylic acids is 1. The highest BCUT2D eigenvalue weighted by atomic mass is 16.5. The van der Waals surface area contributed by atoms with E-state index in [9.17, 15) is 24.3 Å². The Morgan fingerprint density at radius 2 is 1.44 bits per heavy atom. The second kappa shape index (κ2) is 12.7. The first-order valence-electron chi connectivity index (χ1n) is 7.98. The third-order valence-corrected chi connectivity index (χ3v) is 3.31. The van der Waals surface area contributed by atoms with Gasteiger partial charge in [-0.2, -0.15) is 0 Å². The van der Waals surface area contributed by atoms with Crippen LogP contribution >= 0.6 is 0 Å². The van der Waals surface area contributed by atoms with Gasteiger partial charge in [-0.05, 0) is 25.7 Å². The molecule has 0 aromatic heterocycles. The Morgan fingerprint density at radius 3 is 1.80 bits per heavy atom. The molecule has 0 spiro atoms. The van der Waals surface area contributed by atoms with Crippen LogP contribution in [0.15, 0.2) is 38.2 Å². The molecule has 1 atom stereocenters. The van der Waals surface area contributed by atoms with Crippen molar-refractivity contribution in [2.45, 2.75) is 51.0 Å². The molecular formula is C18H25NO6. The maximum Gasteiger partial charge on any atom is 0.327 e. The largest absolute Gasteiger partial charge is 0.480 e. The quantitative estimate of drug-likeness (QED) is 0.237. The van der Waals surface area contributed by atoms with Gasteiger partial charge >= 0.3 is 11.9 Å². The fourth-order valence-electron chi connectivity index (χ4n) is 2.11. The summed E-state index contributed by atoms with van der Waals surface area (Å²) in [6, 6.07) is -1.61. The van der Waals surface area contributed by atoms with Crippen LogP contribution in [0, 0.1) is 0 Å². The lowest BCUT2D eigenvalue weighted by Gasteiger charge is -2.26. The van der Waals surface area contributed by atoms with Crippen LogP contribution in [0.5, 0.6) is 0 Å². The van der Waals surface area contributed by atoms with Crippen LogP contribution in [-0.2, 0) is 23.9 Å². The Hall–Kier alpha value is -2.70. The standard InChI is InChI=1S/C18H25NO6/c1-4-7-9-11-15(20)19(16(21)12-10-8-5-2)14(18(23)24)13-17(22)25-6-3/h4-6,14H,1-3,7-13H2,(H,23,24). The van der Waals surface area contributed by atoms with Crippen LogP contribution in [0.2, 0.25) is 0 Å². The lowest BCUT2D eigenvalue weighted by molar-refractivity contribution is -0.160. The van der Waals surface area contributed by atoms with E-state index in [-0.39, 0.29) is 12.8 Å². The zero-order valence-electron chi connectivity index (χ0n) is 14.3. The highest BCUT2D eigenvalue weighted by molar-refractivity contribution is 6.00. The van der Waals surface area contributed by atoms with Crippen molar-refractivity contribution in [1.82, 2.24) is 4.90 Å². The summed E-state index contributed by atoms with van der Waals surface area (Å²) in [7, 11) is 0. The van der Waals surface area contributed by atoms with E-state index in [4.69, 9.17) is 0 Å². The minimum absolute atomic E-state index is 0.0144. The number of hydrogen-bond acceptors (Lipinski definition) is 5. The molecule has 0 radical (unpaired) electrons. The van der Waals surface area contributed by atoms with Gasteiger partial charge in [0, 0.05) is 12.8 Å². The van der Waals surface area contributed by atoms with Gasteiger partial charge in [-0.15, -0.1) is 13.2 Å². The summed E-state index contributed by atoms with van der Waals surface area (Å²) in [6.45, 7) is 10.3. The lowest BCUT2D eigenvalue weighted by Crippen LogP contribution is -2.49. The summed E-state index contributed by atoms with van der Waals surface area (Å²) in [5.41, 5.74) is 0. The van der Waals surface area contributed by atoms with Crippen molar-refractivity contribution in [3.05, 3.63) is 38.2 Å². The molecule has 0 rings (SSSR count). The van der Waals surface area contributed by atoms with Crippen LogP contribution in [0.1, 0.15) is 44.9 Å². The average molecular weight is 351 g/mol. The minimum atomic E-state index is -1.61. The zero-order chi connectivity index (χ0) is 19.2. The van der Waals surface area contributed by atoms with E-state index in [1.54, 1.807) is 12.2 Å². The first kappa shape index (κ1) is 22.3. The first-order valence-corrected chi connectivity index (χ1v) is 7.98. The summed E-state index contributed by atoms with van der Waals surface area (Å²) in [6.07, 6.45) is 5.43. The van der Waals surface area contributed by atoms with Gasteiger partial charge in [0.1, 0.15) is 6.04 Å². The molecule has 0 saturated carbocycles. The van der Waals surface area contributed by atoms with Crippen molar-refractivity contribution >= 4 is 23.8 Å². The minimum Gasteiger partial charge on any atom is -0.480 e. The summed E-state index contributed by atoms with van der Waals surface area (Å²) in [5.74, 6) is -3.60. The number of unbranched alkanes of at least 4 members (excludes halogenated alkanes) is 2. The summed E-state index contributed by atoms with van der Waals surface area (Å²) in [4.78, 5) is 48.6. The molecule has 0 aromatic rings. The molecule has 0 fully saturated rings. The van der Waals surface area contributed by atoms with E-state index in [2.05, 4.69) is 24.5 Å². The molecule has 0 bridgehead atoms. The SMILES string of the molecule is C=CCCCC(=O)N(C(=O)CCCC=C)C(CC(=O)OC=C)C(=O)O. The Labute approximate surface area is 147 Å². The molecular weight excluding hydrogens is 326 g/mol. The third-order valence-electron chi connectivity index (χ3n) is 3.31. The third kappa shape index (κ3) is 8.64. The number of hydrogen-bond donors (Lipinski definition) is 1. The van der Waals surface area contributed by atoms with Crippen LogP contribution in [0.25, 0.3) is 0 Å². The molecule has 0 aliphatic carbocycles. The molecule has 2 amide bonds. The van der Waals surface area contributed by atoms with E-state index in [0.717, 1.165) is 6.26 Å². The monoisotopic (exact) mass is 351 g/mol. The van der Waals surface area contributed by atoms with Crippen molar-refractivity contribution in [3.63, 3.8) is 0 Å². The van der Waals surface area contributed by atoms with Gasteiger partial charge in [0.2, 0.25) is 11.8 Å². The molecule has 7 nitrogen and oxygen atoms in total. The molecule has 7 heteroatoms. The Balaban J connectivity index is 5.34. The summed E-state index contributed by atoms with van der Waals surface area (Å²) in [5, 5.41) is 9.39. The van der Waals surface area contributed by atoms with E-state index in [0.29, 0.717) is 30.6 Å². The zero-order valence-corrected chi connectivity index (χ0v) is 14.3. The molecule has 138 valence electrons. The smallest absolute Gasteiger partial charge is 0.327 e. The van der Waals surface area contributed by atoms with Crippen molar-refractivity contribution in [2.24, 2.45) is 0 Å². The van der Waals surface area contributed by atoms with Gasteiger partial charge < -0.3 is 9.84 Å². The number of carbonyl (C=O) groups is 4. The number of rotatable bonds is 13. The number of nitrogens with zero attached hydrogens (tertiary/aromatic N) is 1. The van der Waals surface area contributed by atoms with Crippen molar-refractivity contribution in [2.75, 3.05) is 0 Å². The maximum atomic E-state index is 12.4. The molecule has 0 aromatic carbocycles. The van der Waals surface area contributed by atoms with Crippen molar-refractivity contribution in [3.8, 4) is 0 Å². The highest BCUT2D eigenvalue weighted by Crippen LogP contribution is 2.14. The van der Waals surface area contributed by atoms with E-state index < -0.39 is 36.2 Å². The number of esters is 1. The number of ether oxygens (including phenoxy) is 1. The summed E-state index contributed by atoms with van der Waals surface area (Å²) < 4.78 is 4.52. The Kier molecular flexibility index (Phi) is 11.3. The number of aliphatic carboxylic acids is 1. The fourth-order valence-corrected chi connectivity index (χ4v) is 2.11. The van der Waals surface area contributed by atoms with Gasteiger partial charge in [0.25, 0.3) is 0 Å². The topological polar surface area (TPSA) is 101 Å². The van der Waals surface area contributed by atoms with Crippen LogP contribution in [-0.4, -0.2) is 39.8 Å². The molecule has 1 unspecified atom stereocenters. The fraction of sp³-hybridized carbons (Fsp3) is 0.444. The second-order valence-corrected chi connectivity index (χ2v) is 5.23. The number of amides is 2. The van der Waals surface area contributed by atoms with Gasteiger partial charge in [-0.25, -0.2) is 4.79 Å². The molecule has 25 heavy (non-hydrogen) atoms. The predicted molar refractivity (Wildman–Crippen MR) is 92.3 cm³/mol. The highest BCUT2D eigenvalue weighted by Gasteiger charge is 2.35. The van der Waals surface area contributed by atoms with E-state index >= 15 is 0 Å². The Bertz CT molecular complexity index is 500. The summed E-state index contributed by atoms with van der Waals surface area (Å²) >= 11 is 0. The van der Waals surface area contributed by atoms with Crippen LogP contribution in [0.3, 0.4) is 0 Å². The molecule has 0 aliphatic rings. The second-order valence-electron chi connectivity index (χ2n) is 5.23. The molecule has 0 heterocycles. The molecule has 0 saturated heterocycles. The predicted octanol–water partition coefficient (Wildman–Crippen LogP) is 2.58. The number of carboxylic acid groups (broad SMARTS) is 1. The van der Waals surface area contributed by atoms with Gasteiger partial charge in [0.15, 0.2) is 0 Å². The lowest BCUT2D eigenvalue weighted by atomic mass is 10.1. The van der Waals surface area contributed by atoms with Crippen molar-refractivity contribution in [1.29, 1.82) is 0 Å². The number of carbonyl (C=O) groups excluding carboxylic acids is 3. The van der Waals surface area contributed by atoms with E-state index in [1.165, 1.54) is 0 Å². The number of imide groups is 1. The van der Waals surface area contributed by atoms with Gasteiger partial charge in [-0.3, -0.25) is 19.3 Å². The average Bonchev–Trinajstić information content (AvgIpc) is 2.54. The van der Waals surface area contributed by atoms with Crippen LogP contribution < -0.4 is 0 Å². The normalized spacial score (nSPS) is 11.0. The maximum absolute atomic E-state index is 12.4. The van der Waals surface area contributed by atoms with Crippen molar-refractivity contribution < 1.29 is 29.0 Å².